The molecule has 0 bridgehead atoms. The molecule has 2 rings (SSSR count). The zero-order valence-corrected chi connectivity index (χ0v) is 10.9. The Bertz CT molecular complexity index is 372. The van der Waals surface area contributed by atoms with Crippen LogP contribution in [0.2, 0.25) is 0 Å². The van der Waals surface area contributed by atoms with Gasteiger partial charge in [-0.25, -0.2) is 4.98 Å². The summed E-state index contributed by atoms with van der Waals surface area (Å²) >= 11 is 1.62. The first-order chi connectivity index (χ1) is 8.24. The molecule has 1 unspecified atom stereocenters. The molecule has 5 heteroatoms. The van der Waals surface area contributed by atoms with Crippen molar-refractivity contribution in [3.8, 4) is 0 Å². The van der Waals surface area contributed by atoms with Crippen LogP contribution in [0.3, 0.4) is 0 Å². The van der Waals surface area contributed by atoms with Crippen LogP contribution < -0.4 is 5.32 Å². The predicted octanol–water partition coefficient (Wildman–Crippen LogP) is 1.68. The molecule has 1 fully saturated rings. The molecule has 0 aliphatic carbocycles. The Balaban J connectivity index is 1.63. The summed E-state index contributed by atoms with van der Waals surface area (Å²) in [4.78, 5) is 15.9. The second-order valence-corrected chi connectivity index (χ2v) is 5.26. The maximum Gasteiger partial charge on any atom is 0.220 e. The van der Waals surface area contributed by atoms with Crippen LogP contribution in [0.15, 0.2) is 5.38 Å². The Morgan fingerprint density at radius 2 is 2.59 bits per heavy atom. The van der Waals surface area contributed by atoms with Gasteiger partial charge in [-0.2, -0.15) is 0 Å². The van der Waals surface area contributed by atoms with Crippen LogP contribution in [0.5, 0.6) is 0 Å². The van der Waals surface area contributed by atoms with E-state index in [0.717, 1.165) is 36.6 Å². The average molecular weight is 254 g/mol. The standard InChI is InChI=1S/C12H18N2O2S/c1-9-8-17-12(14-9)5-4-11(15)13-7-10-3-2-6-16-10/h8,10H,2-7H2,1H3,(H,13,15). The van der Waals surface area contributed by atoms with Gasteiger partial charge in [-0.15, -0.1) is 11.3 Å². The van der Waals surface area contributed by atoms with Gasteiger partial charge in [-0.05, 0) is 19.8 Å². The first-order valence-corrected chi connectivity index (χ1v) is 6.91. The maximum absolute atomic E-state index is 11.6. The van der Waals surface area contributed by atoms with Gasteiger partial charge in [0.1, 0.15) is 0 Å². The summed E-state index contributed by atoms with van der Waals surface area (Å²) in [6.07, 6.45) is 3.64. The largest absolute Gasteiger partial charge is 0.376 e. The summed E-state index contributed by atoms with van der Waals surface area (Å²) in [6, 6.07) is 0. The molecule has 1 aliphatic heterocycles. The molecule has 1 amide bonds. The zero-order valence-electron chi connectivity index (χ0n) is 10.1. The normalized spacial score (nSPS) is 19.5. The number of aromatic nitrogens is 1. The van der Waals surface area contributed by atoms with Crippen molar-refractivity contribution in [3.05, 3.63) is 16.1 Å². The number of amides is 1. The van der Waals surface area contributed by atoms with Crippen LogP contribution in [0.4, 0.5) is 0 Å². The van der Waals surface area contributed by atoms with E-state index >= 15 is 0 Å². The highest BCUT2D eigenvalue weighted by atomic mass is 32.1. The van der Waals surface area contributed by atoms with E-state index in [1.165, 1.54) is 0 Å². The van der Waals surface area contributed by atoms with Crippen molar-refractivity contribution in [1.29, 1.82) is 0 Å². The number of nitrogens with zero attached hydrogens (tertiary/aromatic N) is 1. The second kappa shape index (κ2) is 6.12. The van der Waals surface area contributed by atoms with E-state index < -0.39 is 0 Å². The molecule has 1 aromatic heterocycles. The number of carbonyl (C=O) groups is 1. The number of hydrogen-bond acceptors (Lipinski definition) is 4. The van der Waals surface area contributed by atoms with Crippen LogP contribution >= 0.6 is 11.3 Å². The Morgan fingerprint density at radius 3 is 3.24 bits per heavy atom. The summed E-state index contributed by atoms with van der Waals surface area (Å²) in [5.41, 5.74) is 1.03. The molecule has 0 radical (unpaired) electrons. The van der Waals surface area contributed by atoms with E-state index in [9.17, 15) is 4.79 Å². The van der Waals surface area contributed by atoms with Crippen LogP contribution in [0.25, 0.3) is 0 Å². The van der Waals surface area contributed by atoms with Gasteiger partial charge in [0.2, 0.25) is 5.91 Å². The Kier molecular flexibility index (Phi) is 4.50. The average Bonchev–Trinajstić information content (AvgIpc) is 2.95. The molecule has 17 heavy (non-hydrogen) atoms. The minimum absolute atomic E-state index is 0.0911. The molecule has 94 valence electrons. The number of carbonyl (C=O) groups excluding carboxylic acids is 1. The van der Waals surface area contributed by atoms with E-state index in [2.05, 4.69) is 10.3 Å². The van der Waals surface area contributed by atoms with Crippen LogP contribution in [0.1, 0.15) is 30.0 Å². The van der Waals surface area contributed by atoms with E-state index in [4.69, 9.17) is 4.74 Å². The zero-order chi connectivity index (χ0) is 12.1. The highest BCUT2D eigenvalue weighted by molar-refractivity contribution is 7.09. The van der Waals surface area contributed by atoms with E-state index in [1.54, 1.807) is 11.3 Å². The van der Waals surface area contributed by atoms with Gasteiger partial charge in [-0.3, -0.25) is 4.79 Å². The monoisotopic (exact) mass is 254 g/mol. The molecule has 1 saturated heterocycles. The fourth-order valence-corrected chi connectivity index (χ4v) is 2.64. The van der Waals surface area contributed by atoms with Crippen molar-refractivity contribution in [1.82, 2.24) is 10.3 Å². The third-order valence-corrected chi connectivity index (χ3v) is 3.81. The highest BCUT2D eigenvalue weighted by Gasteiger charge is 2.16. The number of nitrogens with one attached hydrogen (secondary N) is 1. The van der Waals surface area contributed by atoms with Crippen molar-refractivity contribution in [2.75, 3.05) is 13.2 Å². The molecule has 0 saturated carbocycles. The molecular formula is C12H18N2O2S. The first-order valence-electron chi connectivity index (χ1n) is 6.03. The number of hydrogen-bond donors (Lipinski definition) is 1. The lowest BCUT2D eigenvalue weighted by molar-refractivity contribution is -0.121. The quantitative estimate of drug-likeness (QED) is 0.869. The van der Waals surface area contributed by atoms with Crippen molar-refractivity contribution < 1.29 is 9.53 Å². The number of ether oxygens (including phenoxy) is 1. The molecule has 2 heterocycles. The van der Waals surface area contributed by atoms with Crippen molar-refractivity contribution in [2.45, 2.75) is 38.7 Å². The summed E-state index contributed by atoms with van der Waals surface area (Å²) < 4.78 is 5.44. The third kappa shape index (κ3) is 4.09. The van der Waals surface area contributed by atoms with E-state index in [0.29, 0.717) is 13.0 Å². The maximum atomic E-state index is 11.6. The van der Waals surface area contributed by atoms with Crippen LogP contribution in [-0.4, -0.2) is 30.1 Å². The van der Waals surface area contributed by atoms with Gasteiger partial charge in [-0.1, -0.05) is 0 Å². The molecule has 1 N–H and O–H groups in total. The Morgan fingerprint density at radius 1 is 1.71 bits per heavy atom. The van der Waals surface area contributed by atoms with E-state index in [1.807, 2.05) is 12.3 Å². The van der Waals surface area contributed by atoms with Crippen molar-refractivity contribution in [2.24, 2.45) is 0 Å². The first kappa shape index (κ1) is 12.5. The summed E-state index contributed by atoms with van der Waals surface area (Å²) in [5.74, 6) is 0.0911. The van der Waals surface area contributed by atoms with Gasteiger partial charge >= 0.3 is 0 Å². The molecule has 4 nitrogen and oxygen atoms in total. The fraction of sp³-hybridized carbons (Fsp3) is 0.667. The lowest BCUT2D eigenvalue weighted by atomic mass is 10.2. The number of aryl methyl sites for hydroxylation is 2. The molecule has 1 atom stereocenters. The van der Waals surface area contributed by atoms with Gasteiger partial charge in [0.05, 0.1) is 11.1 Å². The summed E-state index contributed by atoms with van der Waals surface area (Å²) in [7, 11) is 0. The Labute approximate surface area is 105 Å². The van der Waals surface area contributed by atoms with Gasteiger partial charge in [0.15, 0.2) is 0 Å². The van der Waals surface area contributed by atoms with E-state index in [-0.39, 0.29) is 12.0 Å². The minimum Gasteiger partial charge on any atom is -0.376 e. The van der Waals surface area contributed by atoms with Crippen molar-refractivity contribution in [3.63, 3.8) is 0 Å². The lowest BCUT2D eigenvalue weighted by Gasteiger charge is -2.10. The molecular weight excluding hydrogens is 236 g/mol. The van der Waals surface area contributed by atoms with Gasteiger partial charge in [0, 0.05) is 37.1 Å². The lowest BCUT2D eigenvalue weighted by Crippen LogP contribution is -2.31. The van der Waals surface area contributed by atoms with Gasteiger partial charge in [0.25, 0.3) is 0 Å². The number of thiazole rings is 1. The Hall–Kier alpha value is -0.940. The summed E-state index contributed by atoms with van der Waals surface area (Å²) in [6.45, 7) is 3.45. The topological polar surface area (TPSA) is 51.2 Å². The smallest absolute Gasteiger partial charge is 0.220 e. The second-order valence-electron chi connectivity index (χ2n) is 4.32. The third-order valence-electron chi connectivity index (χ3n) is 2.78. The van der Waals surface area contributed by atoms with Crippen LogP contribution in [-0.2, 0) is 16.0 Å². The predicted molar refractivity (Wildman–Crippen MR) is 67.2 cm³/mol. The number of rotatable bonds is 5. The molecule has 0 aromatic carbocycles. The molecule has 1 aliphatic rings. The molecule has 0 spiro atoms. The molecule has 1 aromatic rings. The highest BCUT2D eigenvalue weighted by Crippen LogP contribution is 2.12. The SMILES string of the molecule is Cc1csc(CCC(=O)NCC2CCCO2)n1. The van der Waals surface area contributed by atoms with Crippen LogP contribution in [0, 0.1) is 6.92 Å². The fourth-order valence-electron chi connectivity index (χ4n) is 1.86. The van der Waals surface area contributed by atoms with Crippen molar-refractivity contribution >= 4 is 17.2 Å². The summed E-state index contributed by atoms with van der Waals surface area (Å²) in [5, 5.41) is 5.96. The minimum atomic E-state index is 0.0911. The van der Waals surface area contributed by atoms with Gasteiger partial charge < -0.3 is 10.1 Å².